The van der Waals surface area contributed by atoms with Crippen LogP contribution in [0.2, 0.25) is 5.02 Å². The molecule has 1 aromatic rings. The quantitative estimate of drug-likeness (QED) is 0.451. The average molecular weight is 268 g/mol. The third-order valence-corrected chi connectivity index (χ3v) is 2.70. The Hall–Kier alpha value is -1.64. The van der Waals surface area contributed by atoms with Gasteiger partial charge in [-0.25, -0.2) is 0 Å². The van der Waals surface area contributed by atoms with Gasteiger partial charge in [0, 0.05) is 23.2 Å². The van der Waals surface area contributed by atoms with Crippen molar-refractivity contribution in [1.29, 1.82) is 5.26 Å². The highest BCUT2D eigenvalue weighted by Gasteiger charge is 2.16. The number of rotatable bonds is 6. The van der Waals surface area contributed by atoms with Crippen LogP contribution in [0.15, 0.2) is 18.2 Å². The minimum Gasteiger partial charge on any atom is -0.286 e. The summed E-state index contributed by atoms with van der Waals surface area (Å²) in [5.41, 5.74) is 0.578. The molecule has 0 aliphatic heterocycles. The van der Waals surface area contributed by atoms with E-state index in [2.05, 4.69) is 6.07 Å². The van der Waals surface area contributed by atoms with E-state index in [1.165, 1.54) is 12.1 Å². The SMILES string of the molecule is CCCN(CC#N)Cc1cc(Cl)ccc1[N+](=O)[O-]. The number of nitro groups is 1. The average Bonchev–Trinajstić information content (AvgIpc) is 2.29. The molecule has 6 heteroatoms. The molecule has 5 nitrogen and oxygen atoms in total. The summed E-state index contributed by atoms with van der Waals surface area (Å²) in [5.74, 6) is 0. The molecule has 0 atom stereocenters. The summed E-state index contributed by atoms with van der Waals surface area (Å²) in [7, 11) is 0. The van der Waals surface area contributed by atoms with Crippen LogP contribution >= 0.6 is 11.6 Å². The maximum atomic E-state index is 10.9. The highest BCUT2D eigenvalue weighted by atomic mass is 35.5. The smallest absolute Gasteiger partial charge is 0.273 e. The molecule has 0 saturated carbocycles. The number of halogens is 1. The Morgan fingerprint density at radius 1 is 1.56 bits per heavy atom. The molecular formula is C12H14ClN3O2. The summed E-state index contributed by atoms with van der Waals surface area (Å²) in [5, 5.41) is 20.1. The molecular weight excluding hydrogens is 254 g/mol. The normalized spacial score (nSPS) is 10.3. The monoisotopic (exact) mass is 267 g/mol. The zero-order valence-corrected chi connectivity index (χ0v) is 10.9. The lowest BCUT2D eigenvalue weighted by Gasteiger charge is -2.18. The fourth-order valence-corrected chi connectivity index (χ4v) is 1.92. The Kier molecular flexibility index (Phi) is 5.56. The maximum Gasteiger partial charge on any atom is 0.273 e. The van der Waals surface area contributed by atoms with Gasteiger partial charge in [0.1, 0.15) is 0 Å². The topological polar surface area (TPSA) is 70.2 Å². The van der Waals surface area contributed by atoms with Crippen molar-refractivity contribution in [3.8, 4) is 6.07 Å². The van der Waals surface area contributed by atoms with Crippen LogP contribution in [0.1, 0.15) is 18.9 Å². The van der Waals surface area contributed by atoms with Gasteiger partial charge in [-0.3, -0.25) is 15.0 Å². The summed E-state index contributed by atoms with van der Waals surface area (Å²) in [6, 6.07) is 6.54. The van der Waals surface area contributed by atoms with E-state index >= 15 is 0 Å². The molecule has 1 rings (SSSR count). The highest BCUT2D eigenvalue weighted by Crippen LogP contribution is 2.24. The first-order valence-corrected chi connectivity index (χ1v) is 5.98. The summed E-state index contributed by atoms with van der Waals surface area (Å²) in [4.78, 5) is 12.3. The van der Waals surface area contributed by atoms with E-state index in [0.29, 0.717) is 17.1 Å². The van der Waals surface area contributed by atoms with E-state index in [0.717, 1.165) is 13.0 Å². The van der Waals surface area contributed by atoms with Crippen LogP contribution in [-0.2, 0) is 6.54 Å². The molecule has 18 heavy (non-hydrogen) atoms. The minimum absolute atomic E-state index is 0.0402. The molecule has 0 saturated heterocycles. The molecule has 0 heterocycles. The summed E-state index contributed by atoms with van der Waals surface area (Å²) in [6.45, 7) is 3.32. The van der Waals surface area contributed by atoms with E-state index in [1.807, 2.05) is 11.8 Å². The van der Waals surface area contributed by atoms with Gasteiger partial charge in [-0.15, -0.1) is 0 Å². The number of hydrogen-bond acceptors (Lipinski definition) is 4. The van der Waals surface area contributed by atoms with Crippen LogP contribution in [-0.4, -0.2) is 22.9 Å². The molecule has 0 bridgehead atoms. The Bertz CT molecular complexity index is 471. The summed E-state index contributed by atoms with van der Waals surface area (Å²) < 4.78 is 0. The van der Waals surface area contributed by atoms with Crippen LogP contribution in [0.25, 0.3) is 0 Å². The van der Waals surface area contributed by atoms with Crippen molar-refractivity contribution in [1.82, 2.24) is 4.90 Å². The van der Waals surface area contributed by atoms with Crippen molar-refractivity contribution in [2.75, 3.05) is 13.1 Å². The number of hydrogen-bond donors (Lipinski definition) is 0. The predicted octanol–water partition coefficient (Wildman–Crippen LogP) is 2.98. The molecule has 96 valence electrons. The van der Waals surface area contributed by atoms with Gasteiger partial charge in [0.25, 0.3) is 5.69 Å². The Morgan fingerprint density at radius 2 is 2.28 bits per heavy atom. The molecule has 0 aliphatic carbocycles. The number of nitro benzene ring substituents is 1. The second kappa shape index (κ2) is 6.94. The molecule has 0 radical (unpaired) electrons. The Morgan fingerprint density at radius 3 is 2.83 bits per heavy atom. The molecule has 0 unspecified atom stereocenters. The molecule has 0 N–H and O–H groups in total. The fraction of sp³-hybridized carbons (Fsp3) is 0.417. The first-order chi connectivity index (χ1) is 8.58. The van der Waals surface area contributed by atoms with Gasteiger partial charge in [-0.1, -0.05) is 18.5 Å². The Labute approximate surface area is 111 Å². The van der Waals surface area contributed by atoms with Crippen LogP contribution in [0, 0.1) is 21.4 Å². The molecule has 0 aliphatic rings. The zero-order valence-electron chi connectivity index (χ0n) is 10.1. The van der Waals surface area contributed by atoms with E-state index in [9.17, 15) is 10.1 Å². The lowest BCUT2D eigenvalue weighted by Crippen LogP contribution is -2.24. The van der Waals surface area contributed by atoms with Crippen LogP contribution in [0.3, 0.4) is 0 Å². The lowest BCUT2D eigenvalue weighted by atomic mass is 10.1. The van der Waals surface area contributed by atoms with Crippen molar-refractivity contribution >= 4 is 17.3 Å². The van der Waals surface area contributed by atoms with Crippen LogP contribution < -0.4 is 0 Å². The third kappa shape index (κ3) is 3.99. The molecule has 0 aromatic heterocycles. The van der Waals surface area contributed by atoms with Crippen molar-refractivity contribution in [3.63, 3.8) is 0 Å². The van der Waals surface area contributed by atoms with Gasteiger partial charge < -0.3 is 0 Å². The number of nitriles is 1. The van der Waals surface area contributed by atoms with Gasteiger partial charge >= 0.3 is 0 Å². The third-order valence-electron chi connectivity index (χ3n) is 2.47. The maximum absolute atomic E-state index is 10.9. The standard InChI is InChI=1S/C12H14ClN3O2/c1-2-6-15(7-5-14)9-10-8-11(13)3-4-12(10)16(17)18/h3-4,8H,2,6-7,9H2,1H3. The molecule has 0 spiro atoms. The van der Waals surface area contributed by atoms with E-state index < -0.39 is 4.92 Å². The second-order valence-corrected chi connectivity index (χ2v) is 4.34. The van der Waals surface area contributed by atoms with Gasteiger partial charge in [-0.2, -0.15) is 5.26 Å². The summed E-state index contributed by atoms with van der Waals surface area (Å²) in [6.07, 6.45) is 0.885. The van der Waals surface area contributed by atoms with Crippen LogP contribution in [0.4, 0.5) is 5.69 Å². The molecule has 1 aromatic carbocycles. The van der Waals surface area contributed by atoms with Crippen molar-refractivity contribution in [3.05, 3.63) is 38.9 Å². The van der Waals surface area contributed by atoms with Crippen LogP contribution in [0.5, 0.6) is 0 Å². The molecule has 0 amide bonds. The van der Waals surface area contributed by atoms with Gasteiger partial charge in [-0.05, 0) is 25.1 Å². The largest absolute Gasteiger partial charge is 0.286 e. The van der Waals surface area contributed by atoms with E-state index in [4.69, 9.17) is 16.9 Å². The zero-order chi connectivity index (χ0) is 13.5. The van der Waals surface area contributed by atoms with Crippen molar-refractivity contribution < 1.29 is 4.92 Å². The predicted molar refractivity (Wildman–Crippen MR) is 69.3 cm³/mol. The van der Waals surface area contributed by atoms with Crippen molar-refractivity contribution in [2.24, 2.45) is 0 Å². The fourth-order valence-electron chi connectivity index (χ4n) is 1.73. The minimum atomic E-state index is -0.428. The van der Waals surface area contributed by atoms with Gasteiger partial charge in [0.2, 0.25) is 0 Å². The summed E-state index contributed by atoms with van der Waals surface area (Å²) >= 11 is 5.85. The highest BCUT2D eigenvalue weighted by molar-refractivity contribution is 6.30. The van der Waals surface area contributed by atoms with E-state index in [1.54, 1.807) is 6.07 Å². The molecule has 0 fully saturated rings. The first-order valence-electron chi connectivity index (χ1n) is 5.60. The first kappa shape index (κ1) is 14.4. The van der Waals surface area contributed by atoms with Crippen molar-refractivity contribution in [2.45, 2.75) is 19.9 Å². The van der Waals surface area contributed by atoms with Gasteiger partial charge in [0.05, 0.1) is 17.5 Å². The number of benzene rings is 1. The second-order valence-electron chi connectivity index (χ2n) is 3.90. The lowest BCUT2D eigenvalue weighted by molar-refractivity contribution is -0.385. The van der Waals surface area contributed by atoms with Gasteiger partial charge in [0.15, 0.2) is 0 Å². The van der Waals surface area contributed by atoms with E-state index in [-0.39, 0.29) is 12.2 Å². The number of nitrogens with zero attached hydrogens (tertiary/aromatic N) is 3. The Balaban J connectivity index is 2.96.